The Hall–Kier alpha value is -2.05. The molecule has 1 amide bonds. The maximum absolute atomic E-state index is 12.2. The standard InChI is InChI=1S/C14H11BrClN3O2/c15-9-3-1-2-8(6-9)14(20)18-12-7-10(16)4-5-11(12)13(17)19-21/h1-7,21H,(H2,17,19)(H,18,20). The molecule has 0 aromatic heterocycles. The van der Waals surface area contributed by atoms with Gasteiger partial charge in [0.2, 0.25) is 0 Å². The van der Waals surface area contributed by atoms with Gasteiger partial charge in [0, 0.05) is 20.6 Å². The molecule has 0 spiro atoms. The molecule has 0 aliphatic carbocycles. The van der Waals surface area contributed by atoms with E-state index in [0.29, 0.717) is 21.8 Å². The van der Waals surface area contributed by atoms with Crippen LogP contribution in [-0.4, -0.2) is 17.0 Å². The van der Waals surface area contributed by atoms with Crippen molar-refractivity contribution in [2.24, 2.45) is 10.9 Å². The summed E-state index contributed by atoms with van der Waals surface area (Å²) in [7, 11) is 0. The largest absolute Gasteiger partial charge is 0.409 e. The summed E-state index contributed by atoms with van der Waals surface area (Å²) in [4.78, 5) is 12.2. The van der Waals surface area contributed by atoms with Gasteiger partial charge in [-0.1, -0.05) is 38.8 Å². The van der Waals surface area contributed by atoms with Crippen LogP contribution in [-0.2, 0) is 0 Å². The number of nitrogens with zero attached hydrogens (tertiary/aromatic N) is 1. The maximum Gasteiger partial charge on any atom is 0.255 e. The number of amidine groups is 1. The van der Waals surface area contributed by atoms with E-state index in [0.717, 1.165) is 4.47 Å². The van der Waals surface area contributed by atoms with Crippen molar-refractivity contribution in [3.8, 4) is 0 Å². The molecule has 0 unspecified atom stereocenters. The second kappa shape index (κ2) is 6.60. The number of hydrogen-bond donors (Lipinski definition) is 3. The molecule has 0 aliphatic rings. The van der Waals surface area contributed by atoms with Crippen molar-refractivity contribution in [3.05, 3.63) is 63.1 Å². The minimum absolute atomic E-state index is 0.115. The summed E-state index contributed by atoms with van der Waals surface area (Å²) in [5.74, 6) is -0.443. The highest BCUT2D eigenvalue weighted by atomic mass is 79.9. The summed E-state index contributed by atoms with van der Waals surface area (Å²) in [6.07, 6.45) is 0. The Morgan fingerprint density at radius 3 is 2.71 bits per heavy atom. The molecule has 0 fully saturated rings. The van der Waals surface area contributed by atoms with Crippen LogP contribution in [0.1, 0.15) is 15.9 Å². The Bertz CT molecular complexity index is 719. The molecule has 21 heavy (non-hydrogen) atoms. The Morgan fingerprint density at radius 1 is 1.29 bits per heavy atom. The number of rotatable bonds is 3. The fourth-order valence-electron chi connectivity index (χ4n) is 1.72. The number of hydrogen-bond acceptors (Lipinski definition) is 3. The zero-order valence-corrected chi connectivity index (χ0v) is 13.0. The Balaban J connectivity index is 2.35. The van der Waals surface area contributed by atoms with Crippen molar-refractivity contribution >= 4 is 45.0 Å². The lowest BCUT2D eigenvalue weighted by molar-refractivity contribution is 0.102. The molecule has 7 heteroatoms. The van der Waals surface area contributed by atoms with Crippen molar-refractivity contribution in [1.29, 1.82) is 0 Å². The predicted molar refractivity (Wildman–Crippen MR) is 86.1 cm³/mol. The van der Waals surface area contributed by atoms with E-state index in [2.05, 4.69) is 26.4 Å². The van der Waals surface area contributed by atoms with E-state index in [1.807, 2.05) is 6.07 Å². The molecule has 108 valence electrons. The molecule has 5 nitrogen and oxygen atoms in total. The molecular formula is C14H11BrClN3O2. The van der Waals surface area contributed by atoms with Crippen molar-refractivity contribution in [3.63, 3.8) is 0 Å². The first kappa shape index (κ1) is 15.3. The Labute approximate surface area is 134 Å². The number of oxime groups is 1. The van der Waals surface area contributed by atoms with E-state index < -0.39 is 0 Å². The lowest BCUT2D eigenvalue weighted by Gasteiger charge is -2.11. The summed E-state index contributed by atoms with van der Waals surface area (Å²) < 4.78 is 0.790. The molecule has 4 N–H and O–H groups in total. The Kier molecular flexibility index (Phi) is 4.82. The number of benzene rings is 2. The van der Waals surface area contributed by atoms with E-state index in [-0.39, 0.29) is 11.7 Å². The molecule has 2 rings (SSSR count). The number of anilines is 1. The summed E-state index contributed by atoms with van der Waals surface area (Å²) in [6, 6.07) is 11.6. The first-order valence-corrected chi connectivity index (χ1v) is 7.02. The number of amides is 1. The predicted octanol–water partition coefficient (Wildman–Crippen LogP) is 3.45. The van der Waals surface area contributed by atoms with Crippen molar-refractivity contribution < 1.29 is 10.0 Å². The topological polar surface area (TPSA) is 87.7 Å². The number of halogens is 2. The lowest BCUT2D eigenvalue weighted by atomic mass is 10.1. The maximum atomic E-state index is 12.2. The zero-order chi connectivity index (χ0) is 15.4. The van der Waals surface area contributed by atoms with Gasteiger partial charge in [-0.15, -0.1) is 0 Å². The van der Waals surface area contributed by atoms with Gasteiger partial charge in [-0.3, -0.25) is 4.79 Å². The molecular weight excluding hydrogens is 358 g/mol. The molecule has 0 bridgehead atoms. The number of carbonyl (C=O) groups excluding carboxylic acids is 1. The van der Waals surface area contributed by atoms with Crippen LogP contribution in [0.3, 0.4) is 0 Å². The molecule has 0 saturated heterocycles. The fourth-order valence-corrected chi connectivity index (χ4v) is 2.29. The van der Waals surface area contributed by atoms with Gasteiger partial charge < -0.3 is 16.3 Å². The molecule has 0 heterocycles. The van der Waals surface area contributed by atoms with Gasteiger partial charge in [-0.05, 0) is 36.4 Å². The minimum atomic E-state index is -0.328. The number of carbonyl (C=O) groups is 1. The average Bonchev–Trinajstić information content (AvgIpc) is 2.46. The molecule has 0 aliphatic heterocycles. The number of nitrogens with one attached hydrogen (secondary N) is 1. The normalized spacial score (nSPS) is 11.2. The van der Waals surface area contributed by atoms with Crippen LogP contribution in [0.4, 0.5) is 5.69 Å². The van der Waals surface area contributed by atoms with E-state index in [1.54, 1.807) is 30.3 Å². The van der Waals surface area contributed by atoms with Crippen LogP contribution in [0.5, 0.6) is 0 Å². The third-order valence-electron chi connectivity index (χ3n) is 2.70. The quantitative estimate of drug-likeness (QED) is 0.335. The van der Waals surface area contributed by atoms with Gasteiger partial charge >= 0.3 is 0 Å². The van der Waals surface area contributed by atoms with Crippen LogP contribution in [0, 0.1) is 0 Å². The first-order valence-electron chi connectivity index (χ1n) is 5.85. The molecule has 0 radical (unpaired) electrons. The van der Waals surface area contributed by atoms with Gasteiger partial charge in [0.05, 0.1) is 5.69 Å². The summed E-state index contributed by atoms with van der Waals surface area (Å²) in [6.45, 7) is 0. The molecule has 2 aromatic rings. The van der Waals surface area contributed by atoms with Gasteiger partial charge in [0.1, 0.15) is 0 Å². The second-order valence-electron chi connectivity index (χ2n) is 4.14. The second-order valence-corrected chi connectivity index (χ2v) is 5.49. The van der Waals surface area contributed by atoms with Crippen LogP contribution in [0.2, 0.25) is 5.02 Å². The van der Waals surface area contributed by atoms with Crippen LogP contribution >= 0.6 is 27.5 Å². The highest BCUT2D eigenvalue weighted by Crippen LogP contribution is 2.22. The zero-order valence-electron chi connectivity index (χ0n) is 10.7. The van der Waals surface area contributed by atoms with Crippen LogP contribution in [0.15, 0.2) is 52.1 Å². The fraction of sp³-hybridized carbons (Fsp3) is 0. The van der Waals surface area contributed by atoms with Crippen LogP contribution < -0.4 is 11.1 Å². The van der Waals surface area contributed by atoms with Gasteiger partial charge in [-0.25, -0.2) is 0 Å². The summed E-state index contributed by atoms with van der Waals surface area (Å²) in [5, 5.41) is 14.8. The van der Waals surface area contributed by atoms with Gasteiger partial charge in [-0.2, -0.15) is 0 Å². The van der Waals surface area contributed by atoms with E-state index >= 15 is 0 Å². The number of nitrogens with two attached hydrogens (primary N) is 1. The molecule has 0 saturated carbocycles. The van der Waals surface area contributed by atoms with E-state index in [4.69, 9.17) is 22.5 Å². The minimum Gasteiger partial charge on any atom is -0.409 e. The third kappa shape index (κ3) is 3.74. The van der Waals surface area contributed by atoms with Crippen molar-refractivity contribution in [2.75, 3.05) is 5.32 Å². The monoisotopic (exact) mass is 367 g/mol. The molecule has 2 aromatic carbocycles. The SMILES string of the molecule is NC(=NO)c1ccc(Cl)cc1NC(=O)c1cccc(Br)c1. The first-order chi connectivity index (χ1) is 10.0. The van der Waals surface area contributed by atoms with E-state index in [1.165, 1.54) is 6.07 Å². The molecule has 0 atom stereocenters. The highest BCUT2D eigenvalue weighted by Gasteiger charge is 2.12. The highest BCUT2D eigenvalue weighted by molar-refractivity contribution is 9.10. The lowest BCUT2D eigenvalue weighted by Crippen LogP contribution is -2.19. The summed E-state index contributed by atoms with van der Waals surface area (Å²) >= 11 is 9.22. The van der Waals surface area contributed by atoms with Gasteiger partial charge in [0.15, 0.2) is 5.84 Å². The third-order valence-corrected chi connectivity index (χ3v) is 3.43. The van der Waals surface area contributed by atoms with E-state index in [9.17, 15) is 4.79 Å². The van der Waals surface area contributed by atoms with Crippen molar-refractivity contribution in [2.45, 2.75) is 0 Å². The van der Waals surface area contributed by atoms with Gasteiger partial charge in [0.25, 0.3) is 5.91 Å². The van der Waals surface area contributed by atoms with Crippen molar-refractivity contribution in [1.82, 2.24) is 0 Å². The Morgan fingerprint density at radius 2 is 2.05 bits per heavy atom. The smallest absolute Gasteiger partial charge is 0.255 e. The average molecular weight is 369 g/mol. The van der Waals surface area contributed by atoms with Crippen LogP contribution in [0.25, 0.3) is 0 Å². The summed E-state index contributed by atoms with van der Waals surface area (Å²) in [5.41, 5.74) is 6.79.